The van der Waals surface area contributed by atoms with Gasteiger partial charge in [-0.1, -0.05) is 38.5 Å². The molecule has 3 aromatic rings. The van der Waals surface area contributed by atoms with Crippen LogP contribution in [0.25, 0.3) is 10.9 Å². The predicted molar refractivity (Wildman–Crippen MR) is 134 cm³/mol. The van der Waals surface area contributed by atoms with Crippen LogP contribution in [0.2, 0.25) is 0 Å². The lowest BCUT2D eigenvalue weighted by molar-refractivity contribution is 0.0462. The number of aromatic amines is 1. The molecule has 1 N–H and O–H groups in total. The highest BCUT2D eigenvalue weighted by molar-refractivity contribution is 5.81. The van der Waals surface area contributed by atoms with Crippen LogP contribution in [0.1, 0.15) is 82.8 Å². The van der Waals surface area contributed by atoms with Crippen molar-refractivity contribution in [2.24, 2.45) is 0 Å². The molecule has 8 nitrogen and oxygen atoms in total. The molecule has 0 bridgehead atoms. The third-order valence-electron chi connectivity index (χ3n) is 7.23. The second-order valence-corrected chi connectivity index (χ2v) is 10.1. The number of hydrogen-bond acceptors (Lipinski definition) is 6. The van der Waals surface area contributed by atoms with E-state index in [1.165, 1.54) is 0 Å². The lowest BCUT2D eigenvalue weighted by Crippen LogP contribution is -2.39. The Hall–Kier alpha value is -2.58. The van der Waals surface area contributed by atoms with E-state index in [0.29, 0.717) is 6.54 Å². The van der Waals surface area contributed by atoms with E-state index >= 15 is 0 Å². The molecule has 4 rings (SSSR count). The zero-order valence-electron chi connectivity index (χ0n) is 21.2. The molecule has 1 aromatic carbocycles. The number of H-pyrrole nitrogens is 1. The van der Waals surface area contributed by atoms with E-state index in [-0.39, 0.29) is 23.2 Å². The average Bonchev–Trinajstić information content (AvgIpc) is 3.51. The number of ether oxygens (including phenoxy) is 1. The monoisotopic (exact) mass is 466 g/mol. The number of pyridine rings is 1. The van der Waals surface area contributed by atoms with Gasteiger partial charge in [-0.15, -0.1) is 5.10 Å². The van der Waals surface area contributed by atoms with Gasteiger partial charge in [-0.3, -0.25) is 9.69 Å². The molecule has 0 radical (unpaired) electrons. The van der Waals surface area contributed by atoms with Crippen molar-refractivity contribution in [2.45, 2.75) is 91.0 Å². The minimum atomic E-state index is -0.196. The molecule has 184 valence electrons. The summed E-state index contributed by atoms with van der Waals surface area (Å²) in [7, 11) is 0. The molecule has 8 heteroatoms. The fraction of sp³-hybridized carbons (Fsp3) is 0.615. The Bertz CT molecular complexity index is 1160. The molecule has 1 aliphatic heterocycles. The molecule has 0 saturated carbocycles. The van der Waals surface area contributed by atoms with E-state index in [0.717, 1.165) is 73.1 Å². The second-order valence-electron chi connectivity index (χ2n) is 10.1. The quantitative estimate of drug-likeness (QED) is 0.474. The summed E-state index contributed by atoms with van der Waals surface area (Å²) in [4.78, 5) is 18.6. The number of aryl methyl sites for hydroxylation is 1. The van der Waals surface area contributed by atoms with Crippen LogP contribution < -0.4 is 5.56 Å². The normalized spacial score (nSPS) is 17.6. The molecule has 0 spiro atoms. The molecule has 0 amide bonds. The summed E-state index contributed by atoms with van der Waals surface area (Å²) in [6.45, 7) is 12.7. The van der Waals surface area contributed by atoms with Gasteiger partial charge in [0.15, 0.2) is 5.82 Å². The third kappa shape index (κ3) is 5.08. The summed E-state index contributed by atoms with van der Waals surface area (Å²) in [5.74, 6) is 0.861. The van der Waals surface area contributed by atoms with Crippen LogP contribution in [0.3, 0.4) is 0 Å². The van der Waals surface area contributed by atoms with Crippen LogP contribution >= 0.6 is 0 Å². The zero-order valence-corrected chi connectivity index (χ0v) is 21.2. The first-order chi connectivity index (χ1) is 16.3. The smallest absolute Gasteiger partial charge is 0.252 e. The van der Waals surface area contributed by atoms with Crippen molar-refractivity contribution in [3.8, 4) is 0 Å². The van der Waals surface area contributed by atoms with E-state index in [1.54, 1.807) is 0 Å². The maximum absolute atomic E-state index is 13.1. The van der Waals surface area contributed by atoms with E-state index in [4.69, 9.17) is 4.74 Å². The Kier molecular flexibility index (Phi) is 7.48. The third-order valence-corrected chi connectivity index (χ3v) is 7.23. The molecule has 1 fully saturated rings. The Morgan fingerprint density at radius 2 is 2.15 bits per heavy atom. The topological polar surface area (TPSA) is 88.9 Å². The minimum Gasteiger partial charge on any atom is -0.377 e. The van der Waals surface area contributed by atoms with E-state index in [1.807, 2.05) is 29.8 Å². The number of tetrazole rings is 1. The number of para-hydroxylation sites is 1. The molecule has 0 aliphatic carbocycles. The van der Waals surface area contributed by atoms with Crippen molar-refractivity contribution in [2.75, 3.05) is 13.2 Å². The van der Waals surface area contributed by atoms with Gasteiger partial charge in [0.05, 0.1) is 23.2 Å². The minimum absolute atomic E-state index is 0.0115. The summed E-state index contributed by atoms with van der Waals surface area (Å²) < 4.78 is 7.99. The summed E-state index contributed by atoms with van der Waals surface area (Å²) in [6, 6.07) is 8.13. The standard InChI is InChI=1S/C26H38N6O2/c1-6-10-22(24-28-29-30-32(24)26(4,5)7-2)31(17-21-13-9-14-34-21)16-20-15-19-12-8-11-18(3)23(19)27-25(20)33/h8,11-12,15,21-22H,6-7,9-10,13-14,16-17H2,1-5H3,(H,27,33). The molecule has 1 saturated heterocycles. The second kappa shape index (κ2) is 10.4. The van der Waals surface area contributed by atoms with Crippen molar-refractivity contribution < 1.29 is 4.74 Å². The Morgan fingerprint density at radius 3 is 2.85 bits per heavy atom. The predicted octanol–water partition coefficient (Wildman–Crippen LogP) is 4.49. The maximum Gasteiger partial charge on any atom is 0.252 e. The number of benzene rings is 1. The van der Waals surface area contributed by atoms with Crippen LogP contribution in [0.4, 0.5) is 0 Å². The molecule has 2 unspecified atom stereocenters. The van der Waals surface area contributed by atoms with Crippen LogP contribution in [0.5, 0.6) is 0 Å². The number of aromatic nitrogens is 5. The number of nitrogens with one attached hydrogen (secondary N) is 1. The zero-order chi connectivity index (χ0) is 24.3. The summed E-state index contributed by atoms with van der Waals surface area (Å²) in [6.07, 6.45) is 5.07. The van der Waals surface area contributed by atoms with Crippen molar-refractivity contribution in [1.29, 1.82) is 0 Å². The summed E-state index contributed by atoms with van der Waals surface area (Å²) in [5.41, 5.74) is 2.50. The molecule has 34 heavy (non-hydrogen) atoms. The van der Waals surface area contributed by atoms with Gasteiger partial charge in [-0.25, -0.2) is 4.68 Å². The van der Waals surface area contributed by atoms with Gasteiger partial charge in [-0.2, -0.15) is 0 Å². The van der Waals surface area contributed by atoms with Crippen molar-refractivity contribution >= 4 is 10.9 Å². The first-order valence-corrected chi connectivity index (χ1v) is 12.6. The summed E-state index contributed by atoms with van der Waals surface area (Å²) >= 11 is 0. The number of rotatable bonds is 10. The van der Waals surface area contributed by atoms with Crippen molar-refractivity contribution in [3.63, 3.8) is 0 Å². The SMILES string of the molecule is CCCC(c1nnnn1C(C)(C)CC)N(Cc1cc2cccc(C)c2[nH]c1=O)CC1CCCO1. The van der Waals surface area contributed by atoms with Crippen LogP contribution in [-0.2, 0) is 16.8 Å². The van der Waals surface area contributed by atoms with E-state index < -0.39 is 0 Å². The Labute approximate surface area is 201 Å². The lowest BCUT2D eigenvalue weighted by Gasteiger charge is -2.34. The number of hydrogen-bond donors (Lipinski definition) is 1. The molecule has 2 aromatic heterocycles. The van der Waals surface area contributed by atoms with Gasteiger partial charge in [0.2, 0.25) is 0 Å². The first-order valence-electron chi connectivity index (χ1n) is 12.6. The largest absolute Gasteiger partial charge is 0.377 e. The first kappa shape index (κ1) is 24.5. The van der Waals surface area contributed by atoms with Gasteiger partial charge in [0, 0.05) is 25.3 Å². The fourth-order valence-corrected chi connectivity index (χ4v) is 4.85. The van der Waals surface area contributed by atoms with E-state index in [2.05, 4.69) is 59.2 Å². The average molecular weight is 467 g/mol. The molecule has 1 aliphatic rings. The lowest BCUT2D eigenvalue weighted by atomic mass is 10.00. The highest BCUT2D eigenvalue weighted by atomic mass is 16.5. The molecule has 3 heterocycles. The van der Waals surface area contributed by atoms with Gasteiger partial charge in [-0.05, 0) is 73.9 Å². The van der Waals surface area contributed by atoms with Crippen LogP contribution in [0.15, 0.2) is 29.1 Å². The highest BCUT2D eigenvalue weighted by Gasteiger charge is 2.33. The van der Waals surface area contributed by atoms with Crippen LogP contribution in [-0.4, -0.2) is 49.3 Å². The van der Waals surface area contributed by atoms with Gasteiger partial charge in [0.1, 0.15) is 0 Å². The van der Waals surface area contributed by atoms with Gasteiger partial charge >= 0.3 is 0 Å². The summed E-state index contributed by atoms with van der Waals surface area (Å²) in [5, 5.41) is 14.0. The van der Waals surface area contributed by atoms with Crippen LogP contribution in [0, 0.1) is 6.92 Å². The van der Waals surface area contributed by atoms with Crippen molar-refractivity contribution in [3.05, 3.63) is 51.6 Å². The number of nitrogens with zero attached hydrogens (tertiary/aromatic N) is 5. The number of fused-ring (bicyclic) bond motifs is 1. The van der Waals surface area contributed by atoms with Gasteiger partial charge < -0.3 is 9.72 Å². The van der Waals surface area contributed by atoms with Gasteiger partial charge in [0.25, 0.3) is 5.56 Å². The Balaban J connectivity index is 1.74. The van der Waals surface area contributed by atoms with E-state index in [9.17, 15) is 4.79 Å². The Morgan fingerprint density at radius 1 is 1.32 bits per heavy atom. The molecular weight excluding hydrogens is 428 g/mol. The van der Waals surface area contributed by atoms with Crippen molar-refractivity contribution in [1.82, 2.24) is 30.1 Å². The molecule has 2 atom stereocenters. The maximum atomic E-state index is 13.1. The molecular formula is C26H38N6O2. The fourth-order valence-electron chi connectivity index (χ4n) is 4.85. The highest BCUT2D eigenvalue weighted by Crippen LogP contribution is 2.31.